The molecule has 0 aliphatic carbocycles. The van der Waals surface area contributed by atoms with Gasteiger partial charge in [-0.25, -0.2) is 0 Å². The van der Waals surface area contributed by atoms with Crippen molar-refractivity contribution in [3.63, 3.8) is 0 Å². The Morgan fingerprint density at radius 3 is 2.87 bits per heavy atom. The van der Waals surface area contributed by atoms with Crippen molar-refractivity contribution in [1.29, 1.82) is 0 Å². The van der Waals surface area contributed by atoms with Gasteiger partial charge in [0.25, 0.3) is 0 Å². The molecule has 0 spiro atoms. The Hall–Kier alpha value is -1.35. The molecule has 0 saturated carbocycles. The van der Waals surface area contributed by atoms with Crippen molar-refractivity contribution < 1.29 is 4.79 Å². The number of carbonyl (C=O) groups excluding carboxylic acids is 1. The second kappa shape index (κ2) is 4.03. The number of benzene rings is 1. The summed E-state index contributed by atoms with van der Waals surface area (Å²) in [6, 6.07) is 8.44. The van der Waals surface area contributed by atoms with E-state index in [0.717, 1.165) is 11.4 Å². The summed E-state index contributed by atoms with van der Waals surface area (Å²) in [5, 5.41) is 4.93. The fraction of sp³-hybridized carbons (Fsp3) is 0.250. The summed E-state index contributed by atoms with van der Waals surface area (Å²) >= 11 is 1.62. The lowest BCUT2D eigenvalue weighted by Crippen LogP contribution is -2.03. The van der Waals surface area contributed by atoms with Crippen LogP contribution in [-0.2, 0) is 11.2 Å². The number of anilines is 1. The van der Waals surface area contributed by atoms with Gasteiger partial charge in [0.15, 0.2) is 0 Å². The Kier molecular flexibility index (Phi) is 2.73. The van der Waals surface area contributed by atoms with Crippen molar-refractivity contribution in [2.45, 2.75) is 20.3 Å². The number of thiophene rings is 1. The van der Waals surface area contributed by atoms with Crippen molar-refractivity contribution in [3.8, 4) is 0 Å². The summed E-state index contributed by atoms with van der Waals surface area (Å²) in [7, 11) is 0. The Balaban J connectivity index is 2.42. The molecule has 2 aromatic rings. The maximum absolute atomic E-state index is 10.9. The van der Waals surface area contributed by atoms with E-state index in [0.29, 0.717) is 0 Å². The molecule has 0 atom stereocenters. The molecular formula is C12H13NOS. The molecule has 1 aromatic heterocycles. The van der Waals surface area contributed by atoms with E-state index in [-0.39, 0.29) is 5.91 Å². The maximum Gasteiger partial charge on any atom is 0.221 e. The van der Waals surface area contributed by atoms with Gasteiger partial charge in [-0.15, -0.1) is 11.3 Å². The topological polar surface area (TPSA) is 29.1 Å². The molecule has 1 aromatic carbocycles. The Bertz CT molecular complexity index is 501. The molecule has 2 rings (SSSR count). The van der Waals surface area contributed by atoms with Gasteiger partial charge in [0.1, 0.15) is 0 Å². The second-order valence-corrected chi connectivity index (χ2v) is 4.60. The first-order valence-corrected chi connectivity index (χ1v) is 5.80. The van der Waals surface area contributed by atoms with Crippen LogP contribution in [0.5, 0.6) is 0 Å². The molecule has 1 amide bonds. The van der Waals surface area contributed by atoms with Crippen LogP contribution in [0.4, 0.5) is 5.00 Å². The number of aryl methyl sites for hydroxylation is 1. The monoisotopic (exact) mass is 219 g/mol. The minimum absolute atomic E-state index is 0.0164. The Morgan fingerprint density at radius 1 is 1.40 bits per heavy atom. The summed E-state index contributed by atoms with van der Waals surface area (Å²) in [6.45, 7) is 3.67. The Labute approximate surface area is 92.9 Å². The zero-order chi connectivity index (χ0) is 10.8. The summed E-state index contributed by atoms with van der Waals surface area (Å²) in [5.41, 5.74) is 1.33. The van der Waals surface area contributed by atoms with E-state index in [9.17, 15) is 4.79 Å². The number of nitrogens with one attached hydrogen (secondary N) is 1. The first-order chi connectivity index (χ1) is 7.19. The van der Waals surface area contributed by atoms with Crippen molar-refractivity contribution in [2.24, 2.45) is 0 Å². The third-order valence-electron chi connectivity index (χ3n) is 2.29. The number of carbonyl (C=O) groups is 1. The van der Waals surface area contributed by atoms with Gasteiger partial charge < -0.3 is 5.32 Å². The van der Waals surface area contributed by atoms with Crippen molar-refractivity contribution in [3.05, 3.63) is 29.8 Å². The average Bonchev–Trinajstić information content (AvgIpc) is 2.57. The van der Waals surface area contributed by atoms with Crippen LogP contribution in [0, 0.1) is 0 Å². The minimum atomic E-state index is -0.0164. The van der Waals surface area contributed by atoms with Crippen molar-refractivity contribution in [2.75, 3.05) is 5.32 Å². The minimum Gasteiger partial charge on any atom is -0.318 e. The quantitative estimate of drug-likeness (QED) is 0.823. The highest BCUT2D eigenvalue weighted by Gasteiger charge is 2.03. The largest absolute Gasteiger partial charge is 0.318 e. The zero-order valence-corrected chi connectivity index (χ0v) is 9.65. The lowest BCUT2D eigenvalue weighted by molar-refractivity contribution is -0.114. The van der Waals surface area contributed by atoms with Crippen LogP contribution in [0.3, 0.4) is 0 Å². The van der Waals surface area contributed by atoms with Crippen LogP contribution < -0.4 is 5.32 Å². The molecule has 0 unspecified atom stereocenters. The van der Waals surface area contributed by atoms with Crippen molar-refractivity contribution in [1.82, 2.24) is 0 Å². The molecule has 78 valence electrons. The predicted octanol–water partition coefficient (Wildman–Crippen LogP) is 3.42. The highest BCUT2D eigenvalue weighted by molar-refractivity contribution is 7.22. The van der Waals surface area contributed by atoms with E-state index in [1.807, 2.05) is 6.07 Å². The lowest BCUT2D eigenvalue weighted by atomic mass is 10.1. The van der Waals surface area contributed by atoms with E-state index in [1.165, 1.54) is 22.6 Å². The SMILES string of the molecule is CCc1ccc2cc(NC(C)=O)sc2c1. The van der Waals surface area contributed by atoms with E-state index < -0.39 is 0 Å². The van der Waals surface area contributed by atoms with Crippen molar-refractivity contribution >= 4 is 32.3 Å². The number of fused-ring (bicyclic) bond motifs is 1. The zero-order valence-electron chi connectivity index (χ0n) is 8.83. The molecule has 0 aliphatic heterocycles. The predicted molar refractivity (Wildman–Crippen MR) is 65.5 cm³/mol. The van der Waals surface area contributed by atoms with E-state index >= 15 is 0 Å². The number of hydrogen-bond acceptors (Lipinski definition) is 2. The van der Waals surface area contributed by atoms with Crippen LogP contribution in [0.15, 0.2) is 24.3 Å². The molecule has 0 bridgehead atoms. The highest BCUT2D eigenvalue weighted by Crippen LogP contribution is 2.30. The van der Waals surface area contributed by atoms with Crippen LogP contribution >= 0.6 is 11.3 Å². The number of amides is 1. The normalized spacial score (nSPS) is 10.5. The highest BCUT2D eigenvalue weighted by atomic mass is 32.1. The molecule has 0 radical (unpaired) electrons. The molecule has 2 nitrogen and oxygen atoms in total. The standard InChI is InChI=1S/C12H13NOS/c1-3-9-4-5-10-7-12(13-8(2)14)15-11(10)6-9/h4-7H,3H2,1-2H3,(H,13,14). The number of hydrogen-bond donors (Lipinski definition) is 1. The second-order valence-electron chi connectivity index (χ2n) is 3.52. The smallest absolute Gasteiger partial charge is 0.221 e. The van der Waals surface area contributed by atoms with Crippen LogP contribution in [-0.4, -0.2) is 5.91 Å². The van der Waals surface area contributed by atoms with Crippen LogP contribution in [0.25, 0.3) is 10.1 Å². The van der Waals surface area contributed by atoms with Gasteiger partial charge >= 0.3 is 0 Å². The van der Waals surface area contributed by atoms with E-state index in [2.05, 4.69) is 30.4 Å². The molecule has 3 heteroatoms. The molecule has 1 N–H and O–H groups in total. The molecule has 1 heterocycles. The van der Waals surface area contributed by atoms with E-state index in [4.69, 9.17) is 0 Å². The Morgan fingerprint density at radius 2 is 2.20 bits per heavy atom. The van der Waals surface area contributed by atoms with Gasteiger partial charge in [0.2, 0.25) is 5.91 Å². The summed E-state index contributed by atoms with van der Waals surface area (Å²) in [4.78, 5) is 10.9. The fourth-order valence-electron chi connectivity index (χ4n) is 1.53. The van der Waals surface area contributed by atoms with E-state index in [1.54, 1.807) is 11.3 Å². The molecular weight excluding hydrogens is 206 g/mol. The average molecular weight is 219 g/mol. The summed E-state index contributed by atoms with van der Waals surface area (Å²) < 4.78 is 1.23. The third kappa shape index (κ3) is 2.18. The molecule has 0 saturated heterocycles. The first kappa shape index (κ1) is 10.2. The maximum atomic E-state index is 10.9. The van der Waals surface area contributed by atoms with Crippen LogP contribution in [0.2, 0.25) is 0 Å². The fourth-order valence-corrected chi connectivity index (χ4v) is 2.60. The van der Waals surface area contributed by atoms with Gasteiger partial charge in [-0.3, -0.25) is 4.79 Å². The third-order valence-corrected chi connectivity index (χ3v) is 3.31. The summed E-state index contributed by atoms with van der Waals surface area (Å²) in [6.07, 6.45) is 1.04. The van der Waals surface area contributed by atoms with Gasteiger partial charge in [-0.1, -0.05) is 19.1 Å². The molecule has 15 heavy (non-hydrogen) atoms. The van der Waals surface area contributed by atoms with Gasteiger partial charge in [-0.2, -0.15) is 0 Å². The van der Waals surface area contributed by atoms with Gasteiger partial charge in [-0.05, 0) is 29.5 Å². The van der Waals surface area contributed by atoms with Gasteiger partial charge in [0, 0.05) is 11.6 Å². The van der Waals surface area contributed by atoms with Crippen LogP contribution in [0.1, 0.15) is 19.4 Å². The summed E-state index contributed by atoms with van der Waals surface area (Å²) in [5.74, 6) is -0.0164. The van der Waals surface area contributed by atoms with Gasteiger partial charge in [0.05, 0.1) is 5.00 Å². The molecule has 0 fully saturated rings. The molecule has 0 aliphatic rings. The number of rotatable bonds is 2. The first-order valence-electron chi connectivity index (χ1n) is 4.99. The lowest BCUT2D eigenvalue weighted by Gasteiger charge is -1.94.